The van der Waals surface area contributed by atoms with Crippen molar-refractivity contribution in [3.05, 3.63) is 47.6 Å². The SMILES string of the molecule is C=C1CC[C@H](O)CC1=CC=C1CCC[C@]2(C)[C@@H]1CC[C@@H]2[C@@H](C)C=C[C@H](C)C(C)(C)O. The van der Waals surface area contributed by atoms with E-state index in [1.165, 1.54) is 43.3 Å². The van der Waals surface area contributed by atoms with Crippen molar-refractivity contribution in [2.45, 2.75) is 97.7 Å². The first-order valence-corrected chi connectivity index (χ1v) is 12.2. The average Bonchev–Trinajstić information content (AvgIpc) is 3.03. The number of allylic oxidation sites excluding steroid dienone is 5. The Labute approximate surface area is 184 Å². The van der Waals surface area contributed by atoms with Crippen molar-refractivity contribution >= 4 is 0 Å². The second kappa shape index (κ2) is 9.17. The summed E-state index contributed by atoms with van der Waals surface area (Å²) in [6.45, 7) is 15.0. The van der Waals surface area contributed by atoms with Gasteiger partial charge in [-0.25, -0.2) is 0 Å². The summed E-state index contributed by atoms with van der Waals surface area (Å²) in [7, 11) is 0. The van der Waals surface area contributed by atoms with Crippen LogP contribution in [0.2, 0.25) is 0 Å². The monoisotopic (exact) mass is 412 g/mol. The van der Waals surface area contributed by atoms with Crippen molar-refractivity contribution in [3.63, 3.8) is 0 Å². The summed E-state index contributed by atoms with van der Waals surface area (Å²) in [6, 6.07) is 0. The third-order valence-electron chi connectivity index (χ3n) is 8.68. The lowest BCUT2D eigenvalue weighted by molar-refractivity contribution is 0.0436. The number of aliphatic hydroxyl groups is 2. The predicted octanol–water partition coefficient (Wildman–Crippen LogP) is 6.76. The molecule has 0 aromatic heterocycles. The summed E-state index contributed by atoms with van der Waals surface area (Å²) in [4.78, 5) is 0. The lowest BCUT2D eigenvalue weighted by Gasteiger charge is -2.44. The molecule has 0 bridgehead atoms. The molecule has 3 aliphatic rings. The maximum atomic E-state index is 10.3. The summed E-state index contributed by atoms with van der Waals surface area (Å²) in [6.07, 6.45) is 18.0. The van der Waals surface area contributed by atoms with E-state index in [-0.39, 0.29) is 12.0 Å². The summed E-state index contributed by atoms with van der Waals surface area (Å²) in [5.74, 6) is 2.08. The Kier molecular flexibility index (Phi) is 7.19. The highest BCUT2D eigenvalue weighted by Crippen LogP contribution is 2.59. The lowest BCUT2D eigenvalue weighted by atomic mass is 9.61. The van der Waals surface area contributed by atoms with Crippen molar-refractivity contribution in [2.75, 3.05) is 0 Å². The maximum Gasteiger partial charge on any atom is 0.0651 e. The van der Waals surface area contributed by atoms with Gasteiger partial charge in [0.15, 0.2) is 0 Å². The van der Waals surface area contributed by atoms with Crippen LogP contribution in [-0.2, 0) is 0 Å². The van der Waals surface area contributed by atoms with Crippen LogP contribution >= 0.6 is 0 Å². The fourth-order valence-corrected chi connectivity index (χ4v) is 6.25. The maximum absolute atomic E-state index is 10.3. The molecule has 2 heteroatoms. The van der Waals surface area contributed by atoms with Gasteiger partial charge in [0, 0.05) is 5.92 Å². The van der Waals surface area contributed by atoms with Gasteiger partial charge in [-0.15, -0.1) is 0 Å². The van der Waals surface area contributed by atoms with Crippen LogP contribution in [0.3, 0.4) is 0 Å². The number of fused-ring (bicyclic) bond motifs is 1. The summed E-state index contributed by atoms with van der Waals surface area (Å²) in [5.41, 5.74) is 3.78. The van der Waals surface area contributed by atoms with Gasteiger partial charge >= 0.3 is 0 Å². The Balaban J connectivity index is 1.75. The zero-order chi connectivity index (χ0) is 22.1. The van der Waals surface area contributed by atoms with Crippen molar-refractivity contribution < 1.29 is 10.2 Å². The molecule has 0 radical (unpaired) electrons. The molecule has 3 saturated carbocycles. The summed E-state index contributed by atoms with van der Waals surface area (Å²) >= 11 is 0. The first-order chi connectivity index (χ1) is 14.0. The van der Waals surface area contributed by atoms with Crippen molar-refractivity contribution in [1.82, 2.24) is 0 Å². The summed E-state index contributed by atoms with van der Waals surface area (Å²) < 4.78 is 0. The fourth-order valence-electron chi connectivity index (χ4n) is 6.25. The van der Waals surface area contributed by atoms with Gasteiger partial charge < -0.3 is 10.2 Å². The zero-order valence-corrected chi connectivity index (χ0v) is 20.0. The van der Waals surface area contributed by atoms with Gasteiger partial charge in [-0.05, 0) is 94.0 Å². The van der Waals surface area contributed by atoms with Gasteiger partial charge in [0.2, 0.25) is 0 Å². The van der Waals surface area contributed by atoms with E-state index in [4.69, 9.17) is 0 Å². The van der Waals surface area contributed by atoms with Gasteiger partial charge in [0.1, 0.15) is 0 Å². The van der Waals surface area contributed by atoms with Crippen LogP contribution in [0.4, 0.5) is 0 Å². The van der Waals surface area contributed by atoms with Crippen LogP contribution in [0, 0.1) is 29.1 Å². The molecule has 0 aromatic rings. The Morgan fingerprint density at radius 1 is 1.10 bits per heavy atom. The minimum atomic E-state index is -0.663. The minimum absolute atomic E-state index is 0.164. The molecule has 3 fully saturated rings. The molecule has 2 N–H and O–H groups in total. The summed E-state index contributed by atoms with van der Waals surface area (Å²) in [5, 5.41) is 20.3. The molecule has 0 aromatic carbocycles. The molecule has 3 rings (SSSR count). The van der Waals surface area contributed by atoms with Crippen molar-refractivity contribution in [2.24, 2.45) is 29.1 Å². The van der Waals surface area contributed by atoms with Crippen molar-refractivity contribution in [3.8, 4) is 0 Å². The van der Waals surface area contributed by atoms with E-state index in [0.29, 0.717) is 23.2 Å². The van der Waals surface area contributed by atoms with E-state index in [2.05, 4.69) is 51.7 Å². The van der Waals surface area contributed by atoms with E-state index in [1.807, 2.05) is 13.8 Å². The highest BCUT2D eigenvalue weighted by molar-refractivity contribution is 5.36. The molecule has 0 spiro atoms. The molecule has 2 nitrogen and oxygen atoms in total. The molecule has 30 heavy (non-hydrogen) atoms. The zero-order valence-electron chi connectivity index (χ0n) is 20.0. The van der Waals surface area contributed by atoms with E-state index >= 15 is 0 Å². The average molecular weight is 413 g/mol. The van der Waals surface area contributed by atoms with Crippen LogP contribution < -0.4 is 0 Å². The Morgan fingerprint density at radius 3 is 2.53 bits per heavy atom. The van der Waals surface area contributed by atoms with Crippen LogP contribution in [-0.4, -0.2) is 21.9 Å². The molecule has 0 amide bonds. The third kappa shape index (κ3) is 5.02. The number of rotatable bonds is 5. The minimum Gasteiger partial charge on any atom is -0.393 e. The second-order valence-corrected chi connectivity index (χ2v) is 11.2. The topological polar surface area (TPSA) is 40.5 Å². The Morgan fingerprint density at radius 2 is 1.83 bits per heavy atom. The van der Waals surface area contributed by atoms with E-state index in [9.17, 15) is 10.2 Å². The highest BCUT2D eigenvalue weighted by atomic mass is 16.3. The molecule has 3 aliphatic carbocycles. The molecule has 168 valence electrons. The van der Waals surface area contributed by atoms with Crippen molar-refractivity contribution in [1.29, 1.82) is 0 Å². The van der Waals surface area contributed by atoms with E-state index < -0.39 is 5.60 Å². The number of hydrogen-bond donors (Lipinski definition) is 2. The van der Waals surface area contributed by atoms with Gasteiger partial charge in [0.05, 0.1) is 11.7 Å². The van der Waals surface area contributed by atoms with Gasteiger partial charge in [-0.3, -0.25) is 0 Å². The second-order valence-electron chi connectivity index (χ2n) is 11.2. The molecule has 0 heterocycles. The molecule has 0 saturated heterocycles. The van der Waals surface area contributed by atoms with E-state index in [0.717, 1.165) is 19.3 Å². The lowest BCUT2D eigenvalue weighted by Crippen LogP contribution is -2.35. The highest BCUT2D eigenvalue weighted by Gasteiger charge is 2.50. The smallest absolute Gasteiger partial charge is 0.0651 e. The van der Waals surface area contributed by atoms with Gasteiger partial charge in [0.25, 0.3) is 0 Å². The fraction of sp³-hybridized carbons (Fsp3) is 0.714. The van der Waals surface area contributed by atoms with Crippen LogP contribution in [0.1, 0.15) is 86.0 Å². The third-order valence-corrected chi connectivity index (χ3v) is 8.68. The Bertz CT molecular complexity index is 719. The standard InChI is InChI=1S/C28H44O2/c1-19-10-14-24(29)18-23(19)13-12-22-8-7-17-28(6)25(15-16-26(22)28)20(2)9-11-21(3)27(4,5)30/h9,11-13,20-21,24-26,29-30H,1,7-8,10,14-18H2,2-6H3/t20-,21-,24-,25+,26+,28-/m0/s1. The largest absolute Gasteiger partial charge is 0.393 e. The first-order valence-electron chi connectivity index (χ1n) is 12.2. The predicted molar refractivity (Wildman–Crippen MR) is 127 cm³/mol. The molecule has 0 aliphatic heterocycles. The van der Waals surface area contributed by atoms with Crippen LogP contribution in [0.5, 0.6) is 0 Å². The van der Waals surface area contributed by atoms with Crippen LogP contribution in [0.15, 0.2) is 47.6 Å². The quantitative estimate of drug-likeness (QED) is 0.490. The molecule has 6 atom stereocenters. The Hall–Kier alpha value is -1.12. The normalized spacial score (nSPS) is 37.7. The van der Waals surface area contributed by atoms with Crippen LogP contribution in [0.25, 0.3) is 0 Å². The number of aliphatic hydroxyl groups excluding tert-OH is 1. The first kappa shape index (κ1) is 23.5. The van der Waals surface area contributed by atoms with Gasteiger partial charge in [-0.1, -0.05) is 62.8 Å². The van der Waals surface area contributed by atoms with E-state index in [1.54, 1.807) is 5.57 Å². The number of hydrogen-bond acceptors (Lipinski definition) is 2. The molecular formula is C28H44O2. The molecular weight excluding hydrogens is 368 g/mol. The van der Waals surface area contributed by atoms with Gasteiger partial charge in [-0.2, -0.15) is 0 Å². The molecule has 0 unspecified atom stereocenters.